The van der Waals surface area contributed by atoms with Crippen molar-refractivity contribution in [2.75, 3.05) is 0 Å². The molecule has 0 N–H and O–H groups in total. The standard InChI is InChI=1S/C47H32O.C46H28O.C38H24O/c1-47(2)40-21-11-10-15-32(40)33-25-23-30(27-41(33)47)31-24-26-38-43(28-31)48-42-22-12-20-39(46(38)42)45-36-18-8-6-16-34(36)44(29-13-4-3-5-14-29)35-17-7-9-19-37(35)45;1-2-13-29(14-3-1)44-35-19-8-10-21-37(35)45(38-22-11-9-20-36(38)44)40-23-12-24-42-46(40)39-26-25-31(28-43(39)47-42)41-27-30-15-4-5-16-32(30)33-17-6-7-18-34(33)41;1-3-12-25(13-4-1)28-20-11-21-33-34-24-27(22-23-35(34)39-38(28)33)37-31-18-9-7-16-29(31)36(26-14-5-2-6-15-26)30-17-8-10-19-32(30)37/h3-28H,1-2H3;1-28H;1-24H/i1D3,2D3,3D,4D,5D,6D,7D,8D,9D,10D,11D,12D,13D,14D,15D,16D,17D,18D,19D,20D,21D,22D,23D,24D,25D,26D,27D,28D;1D,2D,3D,4D,5D,6D,7D,8D,9D,10D,11D,12D,13D,14D,15D,16D,17D,18D,19D,20D,21D,22D,23D,24D,25D,26D,27D,28D;1D,2D,3D,4D,5D,6D,7D,8D,9D,10D,11D,12D,13D,14D,15D,16D,17D,18D,19D,20D,21D,22D,23D,24D. The van der Waals surface area contributed by atoms with Gasteiger partial charge in [0, 0.05) is 51.5 Å². The van der Waals surface area contributed by atoms with Gasteiger partial charge >= 0.3 is 0 Å². The summed E-state index contributed by atoms with van der Waals surface area (Å²) >= 11 is 0. The van der Waals surface area contributed by atoms with Gasteiger partial charge in [0.25, 0.3) is 0 Å². The van der Waals surface area contributed by atoms with E-state index in [1.165, 1.54) is 0 Å². The maximum Gasteiger partial charge on any atom is 0.143 e. The Labute approximate surface area is 892 Å². The molecule has 0 fully saturated rings. The third kappa shape index (κ3) is 12.6. The second-order valence-corrected chi connectivity index (χ2v) is 29.3. The van der Waals surface area contributed by atoms with Crippen molar-refractivity contribution in [3.05, 3.63) is 482 Å². The topological polar surface area (TPSA) is 39.4 Å². The molecule has 1 aliphatic rings. The molecule has 0 aliphatic heterocycles. The first kappa shape index (κ1) is 30.7. The van der Waals surface area contributed by atoms with E-state index in [4.69, 9.17) is 94.1 Å². The number of hydrogen-bond donors (Lipinski definition) is 0. The lowest BCUT2D eigenvalue weighted by Gasteiger charge is -2.22. The van der Waals surface area contributed by atoms with Gasteiger partial charge in [-0.1, -0.05) is 425 Å². The van der Waals surface area contributed by atoms with Crippen LogP contribution in [0.2, 0.25) is 0 Å². The summed E-state index contributed by atoms with van der Waals surface area (Å²) in [7, 11) is 0. The summed E-state index contributed by atoms with van der Waals surface area (Å²) in [5.41, 5.74) is -25.1. The lowest BCUT2D eigenvalue weighted by atomic mass is 9.81. The summed E-state index contributed by atoms with van der Waals surface area (Å²) in [6, 6.07) is -74.0. The number of fused-ring (bicyclic) bond motifs is 21. The van der Waals surface area contributed by atoms with Gasteiger partial charge in [0.1, 0.15) is 33.5 Å². The Kier molecular flexibility index (Phi) is 7.23. The van der Waals surface area contributed by atoms with Gasteiger partial charge in [0.05, 0.1) is 107 Å². The molecule has 0 spiro atoms. The maximum atomic E-state index is 9.72. The number of benzene rings is 24. The summed E-state index contributed by atoms with van der Waals surface area (Å²) in [4.78, 5) is 0. The highest BCUT2D eigenvalue weighted by atomic mass is 16.3. The first-order valence-corrected chi connectivity index (χ1v) is 39.5. The molecule has 0 atom stereocenters. The van der Waals surface area contributed by atoms with Crippen LogP contribution in [0.3, 0.4) is 0 Å². The molecule has 0 unspecified atom stereocenters. The second kappa shape index (κ2) is 31.6. The van der Waals surface area contributed by atoms with E-state index in [0.717, 1.165) is 0 Å². The molecule has 27 aromatic rings. The SMILES string of the molecule is [2H]c1c([2H])c([2H])c(-c2c([2H])c([2H])c([2H])c3c2oc2c([2H])c([2H])c(-c4c5c([2H])c([2H])c([2H])c([2H])c5c(-c5c([2H])c([2H])c([2H])c([2H])c5[2H])c5c([2H])c([2H])c([2H])c([2H])c45)c([2H])c23)c([2H])c1[2H].[2H]c1c([2H])c([2H])c(-c2c3c([2H])c([2H])c([2H])c([2H])c3c(-c3c([2H])c([2H])c([2H])c4oc5c([2H])c(-c6c([2H])c([2H])c7c(c6[2H])C(C([2H])([2H])[2H])(C([2H])([2H])[2H])c6c([2H])c([2H])c([2H])c([2H])c6-7)c([2H])c([2H])c5c34)c3c([2H])c([2H])c([2H])c([2H])c23)c([2H])c1[2H].[2H]c1c([2H])c([2H])c(-c2c3c([2H])c([2H])c([2H])c([2H])c3c(-c3c([2H])c([2H])c([2H])c4oc5c([2H])c(-c6c([2H])c7c([2H])c([2H])c([2H])c([2H])c7c7c([2H])c([2H])c([2H])c([2H])c67)c([2H])c([2H])c5c34)c3c([2H])c([2H])c([2H])c([2H])c23)c([2H])c1[2H]. The van der Waals surface area contributed by atoms with Gasteiger partial charge in [-0.15, -0.1) is 0 Å². The Morgan fingerprint density at radius 2 is 0.522 bits per heavy atom. The van der Waals surface area contributed by atoms with Crippen LogP contribution in [-0.2, 0) is 5.41 Å². The van der Waals surface area contributed by atoms with Crippen molar-refractivity contribution < 1.29 is 128 Å². The van der Waals surface area contributed by atoms with E-state index in [-0.39, 0.29) is 0 Å². The van der Waals surface area contributed by atoms with Crippen LogP contribution >= 0.6 is 0 Å². The minimum atomic E-state index is -3.86. The fourth-order valence-electron chi connectivity index (χ4n) is 16.7. The molecule has 3 heteroatoms. The highest BCUT2D eigenvalue weighted by Gasteiger charge is 2.36. The average molecular weight is 1790 g/mol. The zero-order valence-electron chi connectivity index (χ0n) is 151. The molecular formula is C131H84O3. The largest absolute Gasteiger partial charge is 0.456 e. The third-order valence-corrected chi connectivity index (χ3v) is 22.2. The maximum absolute atomic E-state index is 9.72. The highest BCUT2D eigenvalue weighted by Crippen LogP contribution is 2.54. The molecule has 134 heavy (non-hydrogen) atoms. The zero-order chi connectivity index (χ0) is 162. The van der Waals surface area contributed by atoms with Gasteiger partial charge in [-0.2, -0.15) is 0 Å². The highest BCUT2D eigenvalue weighted by molar-refractivity contribution is 6.29. The second-order valence-electron chi connectivity index (χ2n) is 29.3. The molecule has 3 aromatic heterocycles. The smallest absolute Gasteiger partial charge is 0.143 e. The van der Waals surface area contributed by atoms with Crippen LogP contribution in [0.15, 0.2) is 485 Å². The minimum Gasteiger partial charge on any atom is -0.456 e. The number of hydrogen-bond acceptors (Lipinski definition) is 3. The van der Waals surface area contributed by atoms with Gasteiger partial charge in [-0.3, -0.25) is 0 Å². The third-order valence-electron chi connectivity index (χ3n) is 22.2. The molecule has 0 saturated heterocycles. The molecule has 28 rings (SSSR count). The summed E-state index contributed by atoms with van der Waals surface area (Å²) in [5.74, 6) is 0. The summed E-state index contributed by atoms with van der Waals surface area (Å²) in [6.07, 6.45) is 0. The Bertz CT molecular complexity index is 14500. The molecule has 3 heterocycles. The molecule has 0 amide bonds. The van der Waals surface area contributed by atoms with E-state index >= 15 is 0 Å². The normalized spacial score (nSPS) is 21.3. The zero-order valence-corrected chi connectivity index (χ0v) is 66.7. The van der Waals surface area contributed by atoms with Crippen LogP contribution in [0.5, 0.6) is 0 Å². The Balaban J connectivity index is 0.000000152. The predicted octanol–water partition coefficient (Wildman–Crippen LogP) is 37.3. The summed E-state index contributed by atoms with van der Waals surface area (Å²) < 4.78 is 769. The molecule has 626 valence electrons. The lowest BCUT2D eigenvalue weighted by molar-refractivity contribution is 0.660. The van der Waals surface area contributed by atoms with Crippen molar-refractivity contribution in [3.63, 3.8) is 0 Å². The van der Waals surface area contributed by atoms with Crippen molar-refractivity contribution in [2.24, 2.45) is 0 Å². The van der Waals surface area contributed by atoms with Gasteiger partial charge in [-0.05, 0) is 263 Å². The predicted molar refractivity (Wildman–Crippen MR) is 568 cm³/mol. The molecule has 0 saturated carbocycles. The Morgan fingerprint density at radius 1 is 0.172 bits per heavy atom. The molecule has 1 aliphatic carbocycles. The van der Waals surface area contributed by atoms with Crippen molar-refractivity contribution in [2.45, 2.75) is 19.1 Å². The van der Waals surface area contributed by atoms with Crippen LogP contribution in [-0.4, -0.2) is 0 Å². The summed E-state index contributed by atoms with van der Waals surface area (Å²) in [6.45, 7) is -7.71. The molecule has 24 aromatic carbocycles. The average Bonchev–Trinajstić information content (AvgIpc) is 1.49. The van der Waals surface area contributed by atoms with Crippen LogP contribution in [0.4, 0.5) is 0 Å². The molecule has 0 bridgehead atoms. The van der Waals surface area contributed by atoms with Crippen LogP contribution in [0.25, 0.3) is 263 Å². The first-order valence-electron chi connectivity index (χ1n) is 81.5. The van der Waals surface area contributed by atoms with E-state index in [1.54, 1.807) is 0 Å². The van der Waals surface area contributed by atoms with Gasteiger partial charge in [0.15, 0.2) is 0 Å². The van der Waals surface area contributed by atoms with Crippen LogP contribution < -0.4 is 0 Å². The summed E-state index contributed by atoms with van der Waals surface area (Å²) in [5, 5.41) is -14.3. The van der Waals surface area contributed by atoms with Crippen molar-refractivity contribution in [3.8, 4) is 111 Å². The quantitative estimate of drug-likeness (QED) is 0.107. The Hall–Kier alpha value is -17.2. The van der Waals surface area contributed by atoms with Crippen molar-refractivity contribution >= 4 is 152 Å². The van der Waals surface area contributed by atoms with Crippen LogP contribution in [0.1, 0.15) is 140 Å². The molecular weight excluding hydrogens is 1620 g/mol. The van der Waals surface area contributed by atoms with E-state index in [0.29, 0.717) is 0 Å². The van der Waals surface area contributed by atoms with Crippen molar-refractivity contribution in [1.82, 2.24) is 0 Å². The molecule has 0 radical (unpaired) electrons. The van der Waals surface area contributed by atoms with Gasteiger partial charge < -0.3 is 13.3 Å². The fourth-order valence-corrected chi connectivity index (χ4v) is 16.7. The molecule has 3 nitrogen and oxygen atoms in total. The number of furan rings is 3. The lowest BCUT2D eigenvalue weighted by Crippen LogP contribution is -2.14. The van der Waals surface area contributed by atoms with Crippen LogP contribution in [0, 0.1) is 0 Å². The van der Waals surface area contributed by atoms with E-state index in [2.05, 4.69) is 0 Å². The number of rotatable bonds is 9. The van der Waals surface area contributed by atoms with Gasteiger partial charge in [-0.25, -0.2) is 0 Å². The Morgan fingerprint density at radius 3 is 1.01 bits per heavy atom. The van der Waals surface area contributed by atoms with E-state index in [9.17, 15) is 34.3 Å². The minimum absolute atomic E-state index is 0.492. The number of para-hydroxylation sites is 1. The van der Waals surface area contributed by atoms with Gasteiger partial charge in [0.2, 0.25) is 0 Å². The first-order chi connectivity index (χ1) is 101. The van der Waals surface area contributed by atoms with E-state index in [1.807, 2.05) is 0 Å². The van der Waals surface area contributed by atoms with E-state index < -0.39 is 765 Å². The fraction of sp³-hybridized carbons (Fsp3) is 0.0229. The monoisotopic (exact) mass is 1790 g/mol. The van der Waals surface area contributed by atoms with Crippen molar-refractivity contribution in [1.29, 1.82) is 0 Å².